The van der Waals surface area contributed by atoms with Gasteiger partial charge in [-0.1, -0.05) is 25.3 Å². The first-order valence-corrected chi connectivity index (χ1v) is 9.26. The molecule has 2 aliphatic heterocycles. The fourth-order valence-electron chi connectivity index (χ4n) is 4.35. The van der Waals surface area contributed by atoms with E-state index in [9.17, 15) is 5.11 Å². The highest BCUT2D eigenvalue weighted by Gasteiger charge is 2.48. The van der Waals surface area contributed by atoms with Crippen LogP contribution in [0.3, 0.4) is 0 Å². The van der Waals surface area contributed by atoms with Gasteiger partial charge in [-0.05, 0) is 59.0 Å². The summed E-state index contributed by atoms with van der Waals surface area (Å²) >= 11 is 0. The number of ether oxygens (including phenoxy) is 1. The molecule has 0 radical (unpaired) electrons. The zero-order valence-electron chi connectivity index (χ0n) is 15.1. The molecule has 3 atom stereocenters. The van der Waals surface area contributed by atoms with E-state index in [2.05, 4.69) is 33.8 Å². The van der Waals surface area contributed by atoms with E-state index in [0.717, 1.165) is 37.0 Å². The van der Waals surface area contributed by atoms with Crippen molar-refractivity contribution in [3.8, 4) is 0 Å². The molecule has 0 aromatic rings. The summed E-state index contributed by atoms with van der Waals surface area (Å²) < 4.78 is 6.36. The van der Waals surface area contributed by atoms with E-state index in [0.29, 0.717) is 5.92 Å². The Bertz CT molecular complexity index is 556. The summed E-state index contributed by atoms with van der Waals surface area (Å²) in [5, 5.41) is 10.8. The molecule has 0 spiro atoms. The lowest BCUT2D eigenvalue weighted by atomic mass is 9.71. The van der Waals surface area contributed by atoms with Crippen molar-refractivity contribution in [2.75, 3.05) is 0 Å². The average Bonchev–Trinajstić information content (AvgIpc) is 2.46. The van der Waals surface area contributed by atoms with Crippen LogP contribution in [0.5, 0.6) is 0 Å². The van der Waals surface area contributed by atoms with Crippen LogP contribution in [0, 0.1) is 5.92 Å². The van der Waals surface area contributed by atoms with Crippen LogP contribution in [0.1, 0.15) is 72.6 Å². The molecular formula is C20H31NO2. The Balaban J connectivity index is 1.92. The molecule has 0 amide bonds. The number of aliphatic hydroxyl groups excluding tert-OH is 1. The van der Waals surface area contributed by atoms with E-state index in [1.54, 1.807) is 0 Å². The van der Waals surface area contributed by atoms with Crippen molar-refractivity contribution >= 4 is 5.71 Å². The number of rotatable bonds is 4. The van der Waals surface area contributed by atoms with Gasteiger partial charge in [0, 0.05) is 17.2 Å². The van der Waals surface area contributed by atoms with E-state index in [-0.39, 0.29) is 11.6 Å². The number of aliphatic imine (C=N–C) groups is 1. The lowest BCUT2D eigenvalue weighted by molar-refractivity contribution is -0.0471. The normalized spacial score (nSPS) is 32.5. The van der Waals surface area contributed by atoms with Crippen LogP contribution >= 0.6 is 0 Å². The van der Waals surface area contributed by atoms with Crippen molar-refractivity contribution in [1.29, 1.82) is 0 Å². The molecule has 23 heavy (non-hydrogen) atoms. The third kappa shape index (κ3) is 3.26. The quantitative estimate of drug-likeness (QED) is 0.772. The Hall–Kier alpha value is -1.09. The van der Waals surface area contributed by atoms with Gasteiger partial charge in [0.05, 0.1) is 12.1 Å². The van der Waals surface area contributed by atoms with Crippen molar-refractivity contribution < 1.29 is 9.84 Å². The molecule has 3 rings (SSSR count). The zero-order valence-corrected chi connectivity index (χ0v) is 15.1. The predicted molar refractivity (Wildman–Crippen MR) is 94.7 cm³/mol. The number of unbranched alkanes of at least 4 members (excludes halogenated alkanes) is 2. The molecule has 0 aromatic heterocycles. The highest BCUT2D eigenvalue weighted by Crippen LogP contribution is 2.46. The smallest absolute Gasteiger partial charge is 0.124 e. The Morgan fingerprint density at radius 2 is 2.13 bits per heavy atom. The minimum absolute atomic E-state index is 0.103. The van der Waals surface area contributed by atoms with Crippen LogP contribution in [-0.4, -0.2) is 28.6 Å². The van der Waals surface area contributed by atoms with Gasteiger partial charge in [0.25, 0.3) is 0 Å². The molecule has 1 N–H and O–H groups in total. The van der Waals surface area contributed by atoms with Crippen LogP contribution < -0.4 is 0 Å². The first-order valence-electron chi connectivity index (χ1n) is 9.26. The maximum atomic E-state index is 10.8. The number of allylic oxidation sites excluding steroid dienone is 1. The highest BCUT2D eigenvalue weighted by atomic mass is 16.5. The molecule has 128 valence electrons. The number of fused-ring (bicyclic) bond motifs is 2. The molecule has 0 fully saturated rings. The van der Waals surface area contributed by atoms with Gasteiger partial charge in [-0.3, -0.25) is 4.99 Å². The molecule has 3 aliphatic rings. The number of hydrogen-bond acceptors (Lipinski definition) is 3. The van der Waals surface area contributed by atoms with Crippen molar-refractivity contribution in [2.45, 2.75) is 90.4 Å². The fraction of sp³-hybridized carbons (Fsp3) is 0.750. The van der Waals surface area contributed by atoms with Gasteiger partial charge in [-0.15, -0.1) is 0 Å². The third-order valence-electron chi connectivity index (χ3n) is 5.68. The summed E-state index contributed by atoms with van der Waals surface area (Å²) in [5.74, 6) is 1.27. The minimum Gasteiger partial charge on any atom is -0.487 e. The summed E-state index contributed by atoms with van der Waals surface area (Å²) in [4.78, 5) is 4.92. The van der Waals surface area contributed by atoms with Crippen molar-refractivity contribution in [1.82, 2.24) is 0 Å². The molecule has 0 bridgehead atoms. The molecular weight excluding hydrogens is 286 g/mol. The first kappa shape index (κ1) is 16.8. The minimum atomic E-state index is -0.426. The Morgan fingerprint density at radius 3 is 2.87 bits per heavy atom. The van der Waals surface area contributed by atoms with Crippen molar-refractivity contribution in [3.05, 3.63) is 23.0 Å². The van der Waals surface area contributed by atoms with Gasteiger partial charge in [0.15, 0.2) is 0 Å². The van der Waals surface area contributed by atoms with Crippen LogP contribution in [0.4, 0.5) is 0 Å². The SMILES string of the molecule is CCCCCC1=CC2=C(C(O)C1)C1N=C(C)CCC1C(C)(C)O2. The molecule has 0 saturated heterocycles. The van der Waals surface area contributed by atoms with Gasteiger partial charge in [-0.25, -0.2) is 0 Å². The summed E-state index contributed by atoms with van der Waals surface area (Å²) in [6.45, 7) is 8.69. The molecule has 3 nitrogen and oxygen atoms in total. The van der Waals surface area contributed by atoms with E-state index < -0.39 is 6.10 Å². The second-order valence-corrected chi connectivity index (χ2v) is 7.96. The van der Waals surface area contributed by atoms with Gasteiger partial charge in [0.2, 0.25) is 0 Å². The summed E-state index contributed by atoms with van der Waals surface area (Å²) in [6.07, 6.45) is 9.43. The Kier molecular flexibility index (Phi) is 4.68. The zero-order chi connectivity index (χ0) is 16.6. The average molecular weight is 317 g/mol. The van der Waals surface area contributed by atoms with Gasteiger partial charge < -0.3 is 9.84 Å². The maximum Gasteiger partial charge on any atom is 0.124 e. The second-order valence-electron chi connectivity index (χ2n) is 7.96. The Morgan fingerprint density at radius 1 is 1.35 bits per heavy atom. The topological polar surface area (TPSA) is 41.8 Å². The summed E-state index contributed by atoms with van der Waals surface area (Å²) in [6, 6.07) is 0.103. The van der Waals surface area contributed by atoms with E-state index >= 15 is 0 Å². The number of hydrogen-bond donors (Lipinski definition) is 1. The van der Waals surface area contributed by atoms with Crippen LogP contribution in [0.15, 0.2) is 28.0 Å². The van der Waals surface area contributed by atoms with Crippen molar-refractivity contribution in [3.63, 3.8) is 0 Å². The maximum absolute atomic E-state index is 10.8. The van der Waals surface area contributed by atoms with E-state index in [1.807, 2.05) is 0 Å². The summed E-state index contributed by atoms with van der Waals surface area (Å²) in [7, 11) is 0. The van der Waals surface area contributed by atoms with Gasteiger partial charge in [-0.2, -0.15) is 0 Å². The van der Waals surface area contributed by atoms with Crippen LogP contribution in [0.2, 0.25) is 0 Å². The molecule has 3 unspecified atom stereocenters. The van der Waals surface area contributed by atoms with Gasteiger partial charge >= 0.3 is 0 Å². The lowest BCUT2D eigenvalue weighted by Gasteiger charge is -2.48. The monoisotopic (exact) mass is 317 g/mol. The predicted octanol–water partition coefficient (Wildman–Crippen LogP) is 4.56. The lowest BCUT2D eigenvalue weighted by Crippen LogP contribution is -2.50. The van der Waals surface area contributed by atoms with E-state index in [1.165, 1.54) is 30.5 Å². The molecule has 3 heteroatoms. The third-order valence-corrected chi connectivity index (χ3v) is 5.68. The number of aliphatic hydroxyl groups is 1. The first-order chi connectivity index (χ1) is 10.9. The Labute approximate surface area is 140 Å². The van der Waals surface area contributed by atoms with Crippen LogP contribution in [-0.2, 0) is 4.74 Å². The van der Waals surface area contributed by atoms with E-state index in [4.69, 9.17) is 9.73 Å². The second kappa shape index (κ2) is 6.43. The summed E-state index contributed by atoms with van der Waals surface area (Å²) in [5.41, 5.74) is 3.36. The largest absolute Gasteiger partial charge is 0.487 e. The standard InChI is InChI=1S/C20H31NO2/c1-5-6-7-8-14-11-16(22)18-17(12-14)23-20(3,4)15-10-9-13(2)21-19(15)18/h12,15-16,19,22H,5-11H2,1-4H3. The molecule has 0 saturated carbocycles. The fourth-order valence-corrected chi connectivity index (χ4v) is 4.35. The van der Waals surface area contributed by atoms with Crippen LogP contribution in [0.25, 0.3) is 0 Å². The highest BCUT2D eigenvalue weighted by molar-refractivity contribution is 5.83. The van der Waals surface area contributed by atoms with Crippen molar-refractivity contribution in [2.24, 2.45) is 10.9 Å². The number of nitrogens with zero attached hydrogens (tertiary/aromatic N) is 1. The molecule has 2 heterocycles. The molecule has 0 aromatic carbocycles. The molecule has 1 aliphatic carbocycles. The van der Waals surface area contributed by atoms with Gasteiger partial charge in [0.1, 0.15) is 11.4 Å².